The van der Waals surface area contributed by atoms with E-state index in [0.717, 1.165) is 4.46 Å². The summed E-state index contributed by atoms with van der Waals surface area (Å²) in [6.07, 6.45) is 0.0818. The Labute approximate surface area is 127 Å². The number of benzene rings is 1. The fourth-order valence-corrected chi connectivity index (χ4v) is 4.80. The van der Waals surface area contributed by atoms with Gasteiger partial charge in [0.05, 0.1) is 0 Å². The Morgan fingerprint density at radius 3 is 2.52 bits per heavy atom. The van der Waals surface area contributed by atoms with Crippen molar-refractivity contribution in [2.24, 2.45) is 0 Å². The molecule has 1 aliphatic heterocycles. The van der Waals surface area contributed by atoms with Gasteiger partial charge in [0.25, 0.3) is 0 Å². The van der Waals surface area contributed by atoms with Crippen LogP contribution in [0.5, 0.6) is 11.5 Å². The van der Waals surface area contributed by atoms with Gasteiger partial charge in [0, 0.05) is 0 Å². The van der Waals surface area contributed by atoms with Gasteiger partial charge in [-0.05, 0) is 0 Å². The van der Waals surface area contributed by atoms with E-state index < -0.39 is 16.6 Å². The van der Waals surface area contributed by atoms with Gasteiger partial charge in [-0.2, -0.15) is 0 Å². The number of ether oxygens (including phenoxy) is 3. The number of carbonyl (C=O) groups is 2. The molecule has 0 aromatic heterocycles. The van der Waals surface area contributed by atoms with E-state index >= 15 is 0 Å². The van der Waals surface area contributed by atoms with Crippen LogP contribution in [0.1, 0.15) is 23.2 Å². The second-order valence-corrected chi connectivity index (χ2v) is 6.72. The second-order valence-electron chi connectivity index (χ2n) is 4.38. The van der Waals surface area contributed by atoms with Crippen LogP contribution >= 0.6 is 0 Å². The fraction of sp³-hybridized carbons (Fsp3) is 0.429. The number of halogens is 1. The van der Waals surface area contributed by atoms with Gasteiger partial charge in [-0.25, -0.2) is 0 Å². The monoisotopic (exact) mass is 362 g/mol. The summed E-state index contributed by atoms with van der Waals surface area (Å²) in [6.45, 7) is 0. The van der Waals surface area contributed by atoms with Crippen LogP contribution in [0.25, 0.3) is 0 Å². The Morgan fingerprint density at radius 2 is 1.95 bits per heavy atom. The molecule has 0 bridgehead atoms. The molecule has 0 radical (unpaired) electrons. The zero-order valence-corrected chi connectivity index (χ0v) is 13.6. The Morgan fingerprint density at radius 1 is 1.24 bits per heavy atom. The van der Waals surface area contributed by atoms with E-state index in [1.54, 1.807) is 0 Å². The van der Waals surface area contributed by atoms with E-state index in [9.17, 15) is 14.0 Å². The third-order valence-corrected chi connectivity index (χ3v) is 6.09. The molecule has 0 amide bonds. The van der Waals surface area contributed by atoms with Gasteiger partial charge in [0.1, 0.15) is 0 Å². The average molecular weight is 361 g/mol. The Hall–Kier alpha value is -1.59. The molecule has 7 heteroatoms. The molecule has 1 aromatic rings. The van der Waals surface area contributed by atoms with Crippen molar-refractivity contribution in [2.45, 2.75) is 17.7 Å². The van der Waals surface area contributed by atoms with E-state index in [-0.39, 0.29) is 33.6 Å². The summed E-state index contributed by atoms with van der Waals surface area (Å²) in [7, 11) is 4.19. The quantitative estimate of drug-likeness (QED) is 0.553. The molecule has 1 atom stereocenters. The standard InChI is InChI=1S/C14H15FO5Se/c1-18-9-6-7(15)11-13(21-14(11)12(9)20-3)8(16)4-5-10(17)19-2/h6,13H,4-5H2,1-3H3. The van der Waals surface area contributed by atoms with E-state index in [2.05, 4.69) is 4.74 Å². The first-order valence-electron chi connectivity index (χ1n) is 6.24. The Kier molecular flexibility index (Phi) is 4.85. The van der Waals surface area contributed by atoms with Crippen molar-refractivity contribution in [1.82, 2.24) is 0 Å². The third kappa shape index (κ3) is 2.89. The van der Waals surface area contributed by atoms with Crippen LogP contribution < -0.4 is 13.9 Å². The molecule has 5 nitrogen and oxygen atoms in total. The molecule has 0 N–H and O–H groups in total. The van der Waals surface area contributed by atoms with Crippen LogP contribution in [0.3, 0.4) is 0 Å². The predicted molar refractivity (Wildman–Crippen MR) is 73.9 cm³/mol. The number of Topliss-reactive ketones (excluding diaryl/α,β-unsaturated/α-hetero) is 1. The fourth-order valence-electron chi connectivity index (χ4n) is 2.11. The van der Waals surface area contributed by atoms with Crippen LogP contribution in [-0.2, 0) is 14.3 Å². The summed E-state index contributed by atoms with van der Waals surface area (Å²) in [5, 5.41) is 0. The molecule has 0 saturated heterocycles. The van der Waals surface area contributed by atoms with Gasteiger partial charge >= 0.3 is 127 Å². The first-order chi connectivity index (χ1) is 10.0. The SMILES string of the molecule is COC(=O)CCC(=O)C1[Se]c2c(OC)c(OC)cc(F)c21. The molecule has 1 heterocycles. The number of methoxy groups -OCH3 is 3. The van der Waals surface area contributed by atoms with Gasteiger partial charge in [0.15, 0.2) is 0 Å². The Bertz CT molecular complexity index is 587. The minimum atomic E-state index is -0.466. The topological polar surface area (TPSA) is 61.8 Å². The number of rotatable bonds is 6. The average Bonchev–Trinajstić information content (AvgIpc) is 2.45. The number of hydrogen-bond acceptors (Lipinski definition) is 5. The van der Waals surface area contributed by atoms with Crippen LogP contribution in [0.4, 0.5) is 4.39 Å². The maximum atomic E-state index is 14.1. The summed E-state index contributed by atoms with van der Waals surface area (Å²) in [6, 6.07) is 1.23. The summed E-state index contributed by atoms with van der Waals surface area (Å²) in [5.41, 5.74) is 0.377. The summed E-state index contributed by atoms with van der Waals surface area (Å²) >= 11 is -0.219. The van der Waals surface area contributed by atoms with Gasteiger partial charge in [-0.1, -0.05) is 0 Å². The molecule has 2 rings (SSSR count). The van der Waals surface area contributed by atoms with Crippen molar-refractivity contribution in [2.75, 3.05) is 21.3 Å². The van der Waals surface area contributed by atoms with Crippen LogP contribution in [0, 0.1) is 5.82 Å². The van der Waals surface area contributed by atoms with Gasteiger partial charge in [-0.3, -0.25) is 0 Å². The van der Waals surface area contributed by atoms with E-state index in [1.807, 2.05) is 0 Å². The van der Waals surface area contributed by atoms with E-state index in [0.29, 0.717) is 17.1 Å². The predicted octanol–water partition coefficient (Wildman–Crippen LogP) is 0.749. The molecule has 0 aliphatic carbocycles. The molecule has 0 saturated carbocycles. The molecule has 0 spiro atoms. The summed E-state index contributed by atoms with van der Waals surface area (Å²) in [4.78, 5) is 22.7. The first-order valence-corrected chi connectivity index (χ1v) is 8.08. The molecule has 114 valence electrons. The van der Waals surface area contributed by atoms with Crippen molar-refractivity contribution in [3.8, 4) is 11.5 Å². The van der Waals surface area contributed by atoms with Crippen LogP contribution in [-0.4, -0.2) is 48.0 Å². The molecular formula is C14H15FO5Se. The Balaban J connectivity index is 2.19. The number of ketones is 1. The number of hydrogen-bond donors (Lipinski definition) is 0. The van der Waals surface area contributed by atoms with Crippen molar-refractivity contribution in [3.05, 3.63) is 17.4 Å². The number of fused-ring (bicyclic) bond motifs is 1. The summed E-state index contributed by atoms with van der Waals surface area (Å²) < 4.78 is 29.6. The first kappa shape index (κ1) is 15.8. The maximum absolute atomic E-state index is 14.1. The van der Waals surface area contributed by atoms with Crippen LogP contribution in [0.2, 0.25) is 0 Å². The normalized spacial score (nSPS) is 15.7. The molecule has 0 fully saturated rings. The van der Waals surface area contributed by atoms with Crippen molar-refractivity contribution in [3.63, 3.8) is 0 Å². The zero-order chi connectivity index (χ0) is 15.6. The van der Waals surface area contributed by atoms with Gasteiger partial charge in [0.2, 0.25) is 0 Å². The minimum absolute atomic E-state index is 0.0200. The van der Waals surface area contributed by atoms with E-state index in [1.165, 1.54) is 27.4 Å². The molecule has 1 unspecified atom stereocenters. The molecular weight excluding hydrogens is 346 g/mol. The van der Waals surface area contributed by atoms with Gasteiger partial charge in [-0.15, -0.1) is 0 Å². The zero-order valence-electron chi connectivity index (χ0n) is 11.9. The summed E-state index contributed by atoms with van der Waals surface area (Å²) in [5.74, 6) is -0.226. The molecule has 21 heavy (non-hydrogen) atoms. The second kappa shape index (κ2) is 6.45. The van der Waals surface area contributed by atoms with Crippen molar-refractivity contribution >= 4 is 31.2 Å². The van der Waals surface area contributed by atoms with Crippen molar-refractivity contribution in [1.29, 1.82) is 0 Å². The van der Waals surface area contributed by atoms with Gasteiger partial charge < -0.3 is 0 Å². The third-order valence-electron chi connectivity index (χ3n) is 3.21. The molecule has 1 aromatic carbocycles. The van der Waals surface area contributed by atoms with Crippen LogP contribution in [0.15, 0.2) is 6.07 Å². The van der Waals surface area contributed by atoms with E-state index in [4.69, 9.17) is 9.47 Å². The molecule has 1 aliphatic rings. The number of esters is 1. The van der Waals surface area contributed by atoms with Crippen molar-refractivity contribution < 1.29 is 28.2 Å². The number of carbonyl (C=O) groups excluding carboxylic acids is 2.